The molecule has 2 aliphatic heterocycles. The summed E-state index contributed by atoms with van der Waals surface area (Å²) in [7, 11) is 0. The molecule has 1 unspecified atom stereocenters. The summed E-state index contributed by atoms with van der Waals surface area (Å²) in [4.78, 5) is 4.87. The van der Waals surface area contributed by atoms with Crippen molar-refractivity contribution in [2.45, 2.75) is 58.9 Å². The molecule has 3 heterocycles. The quantitative estimate of drug-likeness (QED) is 0.668. The summed E-state index contributed by atoms with van der Waals surface area (Å²) >= 11 is 6.30. The lowest BCUT2D eigenvalue weighted by Crippen LogP contribution is -2.42. The van der Waals surface area contributed by atoms with Crippen LogP contribution in [0.25, 0.3) is 0 Å². The van der Waals surface area contributed by atoms with Crippen molar-refractivity contribution in [3.8, 4) is 6.07 Å². The van der Waals surface area contributed by atoms with E-state index in [4.69, 9.17) is 16.9 Å². The maximum Gasteiger partial charge on any atom is 0.154 e. The van der Waals surface area contributed by atoms with Gasteiger partial charge in [0.25, 0.3) is 0 Å². The number of halogens is 1. The van der Waals surface area contributed by atoms with Gasteiger partial charge in [-0.3, -0.25) is 0 Å². The van der Waals surface area contributed by atoms with Crippen LogP contribution in [0.2, 0.25) is 5.02 Å². The van der Waals surface area contributed by atoms with Crippen molar-refractivity contribution < 1.29 is 0 Å². The zero-order valence-electron chi connectivity index (χ0n) is 18.3. The third-order valence-electron chi connectivity index (χ3n) is 6.86. The van der Waals surface area contributed by atoms with Gasteiger partial charge in [0.2, 0.25) is 0 Å². The van der Waals surface area contributed by atoms with E-state index in [2.05, 4.69) is 59.8 Å². The van der Waals surface area contributed by atoms with E-state index in [0.29, 0.717) is 28.0 Å². The van der Waals surface area contributed by atoms with Gasteiger partial charge in [-0.2, -0.15) is 10.4 Å². The first-order valence-corrected chi connectivity index (χ1v) is 11.3. The molecule has 6 heteroatoms. The molecule has 0 radical (unpaired) electrons. The number of aryl methyl sites for hydroxylation is 1. The van der Waals surface area contributed by atoms with Gasteiger partial charge in [0, 0.05) is 31.4 Å². The number of benzene rings is 1. The molecule has 2 fully saturated rings. The monoisotopic (exact) mass is 423 g/mol. The maximum atomic E-state index is 9.14. The molecule has 0 N–H and O–H groups in total. The van der Waals surface area contributed by atoms with E-state index in [1.54, 1.807) is 0 Å². The van der Waals surface area contributed by atoms with Crippen LogP contribution >= 0.6 is 11.6 Å². The number of piperidine rings is 1. The van der Waals surface area contributed by atoms with Crippen LogP contribution < -0.4 is 9.80 Å². The third-order valence-corrected chi connectivity index (χ3v) is 7.18. The van der Waals surface area contributed by atoms with Crippen LogP contribution in [0.1, 0.15) is 62.8 Å². The number of aromatic nitrogens is 2. The number of hydrogen-bond acceptors (Lipinski definition) is 5. The standard InChI is InChI=1S/C24H30ClN5/c1-16(2)22-11-17(3)23(28-27-22)29-9-7-24(8-10-29)13-18(4)30(15-24)20-6-5-19(14-26)21(25)12-20/h5-6,11-12,16,18H,7-10,13,15H2,1-4H3. The summed E-state index contributed by atoms with van der Waals surface area (Å²) in [5, 5.41) is 18.7. The molecule has 2 aliphatic rings. The molecule has 1 spiro atoms. The summed E-state index contributed by atoms with van der Waals surface area (Å²) in [6.45, 7) is 11.8. The Bertz CT molecular complexity index is 972. The van der Waals surface area contributed by atoms with Crippen LogP contribution in [0.5, 0.6) is 0 Å². The summed E-state index contributed by atoms with van der Waals surface area (Å²) in [6.07, 6.45) is 3.51. The highest BCUT2D eigenvalue weighted by Gasteiger charge is 2.44. The number of rotatable bonds is 3. The van der Waals surface area contributed by atoms with Crippen molar-refractivity contribution in [1.82, 2.24) is 10.2 Å². The Kier molecular flexibility index (Phi) is 5.63. The van der Waals surface area contributed by atoms with Gasteiger partial charge in [0.15, 0.2) is 5.82 Å². The first-order valence-electron chi connectivity index (χ1n) is 10.9. The van der Waals surface area contributed by atoms with E-state index in [9.17, 15) is 0 Å². The van der Waals surface area contributed by atoms with Gasteiger partial charge in [-0.1, -0.05) is 25.4 Å². The van der Waals surface area contributed by atoms with Gasteiger partial charge in [-0.05, 0) is 74.3 Å². The predicted octanol–water partition coefficient (Wildman–Crippen LogP) is 5.32. The first-order chi connectivity index (χ1) is 14.3. The Labute approximate surface area is 184 Å². The topological polar surface area (TPSA) is 56.1 Å². The van der Waals surface area contributed by atoms with Gasteiger partial charge in [-0.25, -0.2) is 0 Å². The van der Waals surface area contributed by atoms with E-state index < -0.39 is 0 Å². The Morgan fingerprint density at radius 3 is 2.53 bits per heavy atom. The lowest BCUT2D eigenvalue weighted by Gasteiger charge is -2.40. The van der Waals surface area contributed by atoms with Crippen molar-refractivity contribution in [3.63, 3.8) is 0 Å². The average Bonchev–Trinajstić information content (AvgIpc) is 3.04. The second kappa shape index (κ2) is 8.07. The highest BCUT2D eigenvalue weighted by molar-refractivity contribution is 6.32. The molecule has 1 aromatic heterocycles. The van der Waals surface area contributed by atoms with Crippen molar-refractivity contribution in [3.05, 3.63) is 46.1 Å². The predicted molar refractivity (Wildman–Crippen MR) is 122 cm³/mol. The maximum absolute atomic E-state index is 9.14. The number of hydrogen-bond donors (Lipinski definition) is 0. The normalized spacial score (nSPS) is 20.8. The van der Waals surface area contributed by atoms with Crippen LogP contribution in [0.4, 0.5) is 11.5 Å². The van der Waals surface area contributed by atoms with Crippen molar-refractivity contribution in [2.24, 2.45) is 5.41 Å². The minimum absolute atomic E-state index is 0.329. The van der Waals surface area contributed by atoms with E-state index in [1.807, 2.05) is 18.2 Å². The number of nitrogens with zero attached hydrogens (tertiary/aromatic N) is 5. The Balaban J connectivity index is 1.46. The fourth-order valence-corrected chi connectivity index (χ4v) is 5.30. The van der Waals surface area contributed by atoms with E-state index in [1.165, 1.54) is 12.0 Å². The Morgan fingerprint density at radius 1 is 1.20 bits per heavy atom. The van der Waals surface area contributed by atoms with Crippen LogP contribution in [0.15, 0.2) is 24.3 Å². The second-order valence-corrected chi connectivity index (χ2v) is 9.78. The van der Waals surface area contributed by atoms with Gasteiger partial charge >= 0.3 is 0 Å². The van der Waals surface area contributed by atoms with Crippen LogP contribution in [-0.2, 0) is 0 Å². The molecular formula is C24H30ClN5. The highest BCUT2D eigenvalue weighted by Crippen LogP contribution is 2.46. The molecule has 2 saturated heterocycles. The highest BCUT2D eigenvalue weighted by atomic mass is 35.5. The van der Waals surface area contributed by atoms with E-state index >= 15 is 0 Å². The minimum atomic E-state index is 0.329. The largest absolute Gasteiger partial charge is 0.368 e. The zero-order valence-corrected chi connectivity index (χ0v) is 19.1. The van der Waals surface area contributed by atoms with Crippen molar-refractivity contribution >= 4 is 23.1 Å². The molecule has 0 saturated carbocycles. The lowest BCUT2D eigenvalue weighted by atomic mass is 9.76. The molecule has 30 heavy (non-hydrogen) atoms. The Morgan fingerprint density at radius 2 is 1.93 bits per heavy atom. The molecule has 1 aromatic carbocycles. The minimum Gasteiger partial charge on any atom is -0.368 e. The van der Waals surface area contributed by atoms with Crippen LogP contribution in [-0.4, -0.2) is 35.9 Å². The summed E-state index contributed by atoms with van der Waals surface area (Å²) in [5.74, 6) is 1.44. The summed E-state index contributed by atoms with van der Waals surface area (Å²) in [5.41, 5.74) is 4.27. The van der Waals surface area contributed by atoms with Gasteiger partial charge in [-0.15, -0.1) is 5.10 Å². The molecular weight excluding hydrogens is 394 g/mol. The molecule has 0 aliphatic carbocycles. The smallest absolute Gasteiger partial charge is 0.154 e. The summed E-state index contributed by atoms with van der Waals surface area (Å²) in [6, 6.07) is 10.6. The molecule has 0 bridgehead atoms. The molecule has 0 amide bonds. The average molecular weight is 424 g/mol. The van der Waals surface area contributed by atoms with Crippen LogP contribution in [0.3, 0.4) is 0 Å². The SMILES string of the molecule is Cc1cc(C(C)C)nnc1N1CCC2(CC1)CC(C)N(c1ccc(C#N)c(Cl)c1)C2. The molecule has 1 atom stereocenters. The molecule has 5 nitrogen and oxygen atoms in total. The van der Waals surface area contributed by atoms with Crippen LogP contribution in [0, 0.1) is 23.7 Å². The lowest BCUT2D eigenvalue weighted by molar-refractivity contribution is 0.244. The number of nitriles is 1. The molecule has 2 aromatic rings. The molecule has 158 valence electrons. The van der Waals surface area contributed by atoms with Gasteiger partial charge < -0.3 is 9.80 Å². The van der Waals surface area contributed by atoms with Crippen molar-refractivity contribution in [1.29, 1.82) is 5.26 Å². The Hall–Kier alpha value is -2.32. The van der Waals surface area contributed by atoms with Gasteiger partial charge in [0.05, 0.1) is 16.3 Å². The van der Waals surface area contributed by atoms with E-state index in [0.717, 1.165) is 49.7 Å². The van der Waals surface area contributed by atoms with Crippen molar-refractivity contribution in [2.75, 3.05) is 29.4 Å². The first kappa shape index (κ1) is 20.9. The fourth-order valence-electron chi connectivity index (χ4n) is 5.09. The molecule has 4 rings (SSSR count). The van der Waals surface area contributed by atoms with E-state index in [-0.39, 0.29) is 0 Å². The summed E-state index contributed by atoms with van der Waals surface area (Å²) < 4.78 is 0. The fraction of sp³-hybridized carbons (Fsp3) is 0.542. The van der Waals surface area contributed by atoms with Gasteiger partial charge in [0.1, 0.15) is 6.07 Å². The third kappa shape index (κ3) is 3.86. The number of anilines is 2. The zero-order chi connectivity index (χ0) is 21.5. The second-order valence-electron chi connectivity index (χ2n) is 9.37.